The smallest absolute Gasteiger partial charge is 0.163 e. The largest absolute Gasteiger partial charge is 0.471 e. The molecule has 0 N–H and O–H groups in total. The van der Waals surface area contributed by atoms with Crippen LogP contribution in [-0.2, 0) is 4.74 Å². The molecular formula is C24H42N2O3. The Morgan fingerprint density at radius 1 is 0.759 bits per heavy atom. The monoisotopic (exact) mass is 406 g/mol. The van der Waals surface area contributed by atoms with Gasteiger partial charge in [-0.1, -0.05) is 51.7 Å². The van der Waals surface area contributed by atoms with Crippen LogP contribution in [0.5, 0.6) is 11.5 Å². The summed E-state index contributed by atoms with van der Waals surface area (Å²) in [4.78, 5) is 4.62. The Bertz CT molecular complexity index is 508. The van der Waals surface area contributed by atoms with E-state index >= 15 is 0 Å². The van der Waals surface area contributed by atoms with E-state index in [0.717, 1.165) is 37.4 Å². The Balaban J connectivity index is 2.10. The summed E-state index contributed by atoms with van der Waals surface area (Å²) in [6, 6.07) is 8.09. The minimum atomic E-state index is -0.00422. The molecule has 29 heavy (non-hydrogen) atoms. The molecule has 1 aliphatic rings. The first kappa shape index (κ1) is 24.0. The molecule has 0 aromatic heterocycles. The van der Waals surface area contributed by atoms with Gasteiger partial charge in [0.2, 0.25) is 0 Å². The average molecular weight is 407 g/mol. The van der Waals surface area contributed by atoms with Crippen LogP contribution in [0.15, 0.2) is 24.3 Å². The molecule has 2 atom stereocenters. The van der Waals surface area contributed by atoms with Crippen molar-refractivity contribution < 1.29 is 14.2 Å². The second kappa shape index (κ2) is 13.8. The normalized spacial score (nSPS) is 20.6. The molecule has 0 saturated carbocycles. The molecule has 2 unspecified atom stereocenters. The number of ether oxygens (including phenoxy) is 3. The zero-order chi connectivity index (χ0) is 20.9. The Kier molecular flexibility index (Phi) is 11.4. The van der Waals surface area contributed by atoms with Crippen molar-refractivity contribution in [3.05, 3.63) is 24.3 Å². The Morgan fingerprint density at radius 3 is 1.62 bits per heavy atom. The quantitative estimate of drug-likeness (QED) is 0.502. The van der Waals surface area contributed by atoms with Crippen molar-refractivity contribution in [2.24, 2.45) is 0 Å². The third kappa shape index (κ3) is 8.53. The fourth-order valence-electron chi connectivity index (χ4n) is 3.66. The van der Waals surface area contributed by atoms with Crippen LogP contribution in [0, 0.1) is 0 Å². The molecule has 1 heterocycles. The van der Waals surface area contributed by atoms with Gasteiger partial charge in [-0.15, -0.1) is 0 Å². The van der Waals surface area contributed by atoms with E-state index in [4.69, 9.17) is 14.2 Å². The Hall–Kier alpha value is -1.30. The van der Waals surface area contributed by atoms with Crippen LogP contribution in [0.25, 0.3) is 0 Å². The zero-order valence-corrected chi connectivity index (χ0v) is 19.1. The SMILES string of the molecule is CCCCCN(C)C1CCOCCC(N(C)CCCCC)Oc2ccccc2O1. The van der Waals surface area contributed by atoms with E-state index < -0.39 is 0 Å². The lowest BCUT2D eigenvalue weighted by molar-refractivity contribution is 0.00226. The standard InChI is InChI=1S/C24H42N2O3/c1-5-7-11-17-25(3)23-15-19-27-20-16-24(26(4)18-12-8-6-2)29-22-14-10-9-13-21(22)28-23/h9-10,13-14,23-24H,5-8,11-12,15-20H2,1-4H3. The Morgan fingerprint density at radius 2 is 1.21 bits per heavy atom. The maximum atomic E-state index is 6.45. The van der Waals surface area contributed by atoms with Gasteiger partial charge in [-0.05, 0) is 39.1 Å². The molecule has 1 aromatic rings. The van der Waals surface area contributed by atoms with Gasteiger partial charge in [-0.2, -0.15) is 0 Å². The molecule has 1 aromatic carbocycles. The van der Waals surface area contributed by atoms with Crippen LogP contribution in [0.1, 0.15) is 65.2 Å². The van der Waals surface area contributed by atoms with Crippen LogP contribution in [0.3, 0.4) is 0 Å². The minimum Gasteiger partial charge on any atom is -0.471 e. The number of unbranched alkanes of at least 4 members (excludes halogenated alkanes) is 4. The highest BCUT2D eigenvalue weighted by atomic mass is 16.6. The number of hydrogen-bond acceptors (Lipinski definition) is 5. The molecule has 0 amide bonds. The summed E-state index contributed by atoms with van der Waals surface area (Å²) in [5.74, 6) is 1.65. The summed E-state index contributed by atoms with van der Waals surface area (Å²) in [6.45, 7) is 7.95. The van der Waals surface area contributed by atoms with Crippen molar-refractivity contribution in [3.63, 3.8) is 0 Å². The number of hydrogen-bond donors (Lipinski definition) is 0. The van der Waals surface area contributed by atoms with Crippen molar-refractivity contribution in [2.45, 2.75) is 77.7 Å². The van der Waals surface area contributed by atoms with Gasteiger partial charge in [0.05, 0.1) is 13.2 Å². The second-order valence-electron chi connectivity index (χ2n) is 8.16. The molecule has 0 fully saturated rings. The first-order valence-corrected chi connectivity index (χ1v) is 11.6. The first-order chi connectivity index (χ1) is 14.2. The van der Waals surface area contributed by atoms with E-state index in [1.165, 1.54) is 38.5 Å². The van der Waals surface area contributed by atoms with E-state index in [1.807, 2.05) is 24.3 Å². The molecule has 0 aliphatic carbocycles. The lowest BCUT2D eigenvalue weighted by Gasteiger charge is -2.30. The summed E-state index contributed by atoms with van der Waals surface area (Å²) in [6.07, 6.45) is 9.04. The molecule has 0 saturated heterocycles. The topological polar surface area (TPSA) is 34.2 Å². The number of para-hydroxylation sites is 2. The average Bonchev–Trinajstić information content (AvgIpc) is 2.76. The van der Waals surface area contributed by atoms with E-state index in [0.29, 0.717) is 13.2 Å². The van der Waals surface area contributed by atoms with Crippen molar-refractivity contribution >= 4 is 0 Å². The van der Waals surface area contributed by atoms with Gasteiger partial charge in [-0.25, -0.2) is 0 Å². The van der Waals surface area contributed by atoms with E-state index in [2.05, 4.69) is 37.7 Å². The van der Waals surface area contributed by atoms with Gasteiger partial charge in [-0.3, -0.25) is 9.80 Å². The molecule has 5 heteroatoms. The van der Waals surface area contributed by atoms with Crippen molar-refractivity contribution in [1.29, 1.82) is 0 Å². The van der Waals surface area contributed by atoms with Crippen LogP contribution in [0.2, 0.25) is 0 Å². The predicted octanol–water partition coefficient (Wildman–Crippen LogP) is 5.15. The highest BCUT2D eigenvalue weighted by Gasteiger charge is 2.23. The Labute approximate surface area is 178 Å². The fourth-order valence-corrected chi connectivity index (χ4v) is 3.66. The van der Waals surface area contributed by atoms with Crippen LogP contribution in [0.4, 0.5) is 0 Å². The van der Waals surface area contributed by atoms with Crippen molar-refractivity contribution in [2.75, 3.05) is 40.4 Å². The van der Waals surface area contributed by atoms with Crippen LogP contribution < -0.4 is 9.47 Å². The zero-order valence-electron chi connectivity index (χ0n) is 19.1. The summed E-state index contributed by atoms with van der Waals surface area (Å²) in [5, 5.41) is 0. The number of benzene rings is 1. The number of fused-ring (bicyclic) bond motifs is 1. The highest BCUT2D eigenvalue weighted by molar-refractivity contribution is 5.39. The van der Waals surface area contributed by atoms with Crippen molar-refractivity contribution in [3.8, 4) is 11.5 Å². The van der Waals surface area contributed by atoms with E-state index in [9.17, 15) is 0 Å². The van der Waals surface area contributed by atoms with Crippen LogP contribution >= 0.6 is 0 Å². The molecule has 5 nitrogen and oxygen atoms in total. The maximum absolute atomic E-state index is 6.45. The summed E-state index contributed by atoms with van der Waals surface area (Å²) < 4.78 is 18.9. The van der Waals surface area contributed by atoms with E-state index in [1.54, 1.807) is 0 Å². The molecule has 0 radical (unpaired) electrons. The van der Waals surface area contributed by atoms with Gasteiger partial charge >= 0.3 is 0 Å². The number of rotatable bonds is 10. The predicted molar refractivity (Wildman–Crippen MR) is 120 cm³/mol. The first-order valence-electron chi connectivity index (χ1n) is 11.6. The molecule has 2 rings (SSSR count). The van der Waals surface area contributed by atoms with Gasteiger partial charge in [0, 0.05) is 25.9 Å². The maximum Gasteiger partial charge on any atom is 0.163 e. The summed E-state index contributed by atoms with van der Waals surface area (Å²) in [7, 11) is 4.29. The van der Waals surface area contributed by atoms with Gasteiger partial charge in [0.25, 0.3) is 0 Å². The lowest BCUT2D eigenvalue weighted by atomic mass is 10.2. The molecule has 0 spiro atoms. The molecule has 166 valence electrons. The lowest BCUT2D eigenvalue weighted by Crippen LogP contribution is -2.38. The third-order valence-corrected chi connectivity index (χ3v) is 5.61. The fraction of sp³-hybridized carbons (Fsp3) is 0.750. The summed E-state index contributed by atoms with van der Waals surface area (Å²) in [5.41, 5.74) is 0. The molecule has 0 bridgehead atoms. The highest BCUT2D eigenvalue weighted by Crippen LogP contribution is 2.31. The summed E-state index contributed by atoms with van der Waals surface area (Å²) >= 11 is 0. The molecule has 1 aliphatic heterocycles. The van der Waals surface area contributed by atoms with E-state index in [-0.39, 0.29) is 12.5 Å². The van der Waals surface area contributed by atoms with Gasteiger partial charge in [0.15, 0.2) is 24.0 Å². The second-order valence-corrected chi connectivity index (χ2v) is 8.16. The minimum absolute atomic E-state index is 0.00422. The molecular weight excluding hydrogens is 364 g/mol. The third-order valence-electron chi connectivity index (χ3n) is 5.61. The van der Waals surface area contributed by atoms with Crippen LogP contribution in [-0.4, -0.2) is 62.7 Å². The van der Waals surface area contributed by atoms with Gasteiger partial charge < -0.3 is 14.2 Å². The van der Waals surface area contributed by atoms with Crippen molar-refractivity contribution in [1.82, 2.24) is 9.80 Å². The van der Waals surface area contributed by atoms with Gasteiger partial charge in [0.1, 0.15) is 0 Å². The number of nitrogens with zero attached hydrogens (tertiary/aromatic N) is 2.